The molecule has 3 N–H and O–H groups in total. The maximum Gasteiger partial charge on any atom is 0.274 e. The topological polar surface area (TPSA) is 124 Å². The van der Waals surface area contributed by atoms with Gasteiger partial charge in [0.1, 0.15) is 12.4 Å². The molecule has 0 fully saturated rings. The summed E-state index contributed by atoms with van der Waals surface area (Å²) >= 11 is 6.38. The molecule has 0 bridgehead atoms. The van der Waals surface area contributed by atoms with Crippen LogP contribution in [0.2, 0.25) is 5.02 Å². The summed E-state index contributed by atoms with van der Waals surface area (Å²) in [5.74, 6) is 0.216. The monoisotopic (exact) mass is 497 g/mol. The van der Waals surface area contributed by atoms with Crippen LogP contribution in [0.4, 0.5) is 17.3 Å². The van der Waals surface area contributed by atoms with Crippen molar-refractivity contribution in [2.24, 2.45) is 0 Å². The van der Waals surface area contributed by atoms with Crippen LogP contribution in [0.5, 0.6) is 11.5 Å². The van der Waals surface area contributed by atoms with Gasteiger partial charge in [0.15, 0.2) is 5.75 Å². The highest BCUT2D eigenvalue weighted by Gasteiger charge is 2.15. The van der Waals surface area contributed by atoms with E-state index in [9.17, 15) is 9.59 Å². The summed E-state index contributed by atoms with van der Waals surface area (Å²) in [6.45, 7) is 5.39. The molecule has 1 heterocycles. The Morgan fingerprint density at radius 3 is 2.57 bits per heavy atom. The highest BCUT2D eigenvalue weighted by atomic mass is 35.5. The first-order chi connectivity index (χ1) is 16.9. The largest absolute Gasteiger partial charge is 0.495 e. The Hall–Kier alpha value is -4.15. The van der Waals surface area contributed by atoms with E-state index in [4.69, 9.17) is 21.1 Å². The van der Waals surface area contributed by atoms with Crippen LogP contribution in [-0.4, -0.2) is 36.0 Å². The molecule has 0 atom stereocenters. The maximum absolute atomic E-state index is 12.1. The van der Waals surface area contributed by atoms with E-state index in [-0.39, 0.29) is 12.5 Å². The van der Waals surface area contributed by atoms with Crippen molar-refractivity contribution in [1.29, 1.82) is 0 Å². The van der Waals surface area contributed by atoms with Crippen LogP contribution in [0.3, 0.4) is 0 Å². The van der Waals surface area contributed by atoms with Gasteiger partial charge < -0.3 is 20.1 Å². The van der Waals surface area contributed by atoms with Crippen molar-refractivity contribution in [3.8, 4) is 11.5 Å². The van der Waals surface area contributed by atoms with Gasteiger partial charge in [0.2, 0.25) is 11.9 Å². The number of aryl methyl sites for hydroxylation is 1. The molecule has 2 aromatic carbocycles. The summed E-state index contributed by atoms with van der Waals surface area (Å²) < 4.78 is 11.0. The number of amides is 2. The first-order valence-corrected chi connectivity index (χ1v) is 10.7. The average Bonchev–Trinajstić information content (AvgIpc) is 2.86. The van der Waals surface area contributed by atoms with Gasteiger partial charge in [0, 0.05) is 11.1 Å². The summed E-state index contributed by atoms with van der Waals surface area (Å²) in [5.41, 5.74) is 5.17. The highest BCUT2D eigenvalue weighted by Crippen LogP contribution is 2.31. The molecule has 2 amide bonds. The van der Waals surface area contributed by atoms with Gasteiger partial charge in [0.25, 0.3) is 5.91 Å². The second-order valence-electron chi connectivity index (χ2n) is 7.13. The van der Waals surface area contributed by atoms with E-state index in [0.717, 1.165) is 5.56 Å². The Bertz CT molecular complexity index is 1230. The standard InChI is InChI=1S/C24H24ClN5O5/c1-5-20(31)28-18-8-6-7-14(2)22(18)29-24-26-11-17(12-27-24)35-13-16-9-15(23(32)30-34-4)10-19(33-3)21(16)25/h5-12H,1,13H2,2-4H3,(H,28,31)(H,30,32)(H,26,27,29). The molecule has 182 valence electrons. The Balaban J connectivity index is 1.74. The van der Waals surface area contributed by atoms with Crippen LogP contribution in [0.25, 0.3) is 0 Å². The molecular formula is C24H24ClN5O5. The molecule has 0 saturated heterocycles. The third kappa shape index (κ3) is 6.46. The first-order valence-electron chi connectivity index (χ1n) is 10.3. The molecule has 0 saturated carbocycles. The molecule has 3 rings (SSSR count). The van der Waals surface area contributed by atoms with Gasteiger partial charge in [-0.1, -0.05) is 30.3 Å². The third-order valence-electron chi connectivity index (χ3n) is 4.77. The maximum atomic E-state index is 12.1. The minimum atomic E-state index is -0.456. The van der Waals surface area contributed by atoms with Gasteiger partial charge in [-0.05, 0) is 36.8 Å². The normalized spacial score (nSPS) is 10.3. The number of benzene rings is 2. The Morgan fingerprint density at radius 2 is 1.91 bits per heavy atom. The van der Waals surface area contributed by atoms with Crippen LogP contribution in [-0.2, 0) is 16.2 Å². The van der Waals surface area contributed by atoms with Gasteiger partial charge >= 0.3 is 0 Å². The van der Waals surface area contributed by atoms with Crippen LogP contribution in [0.15, 0.2) is 55.4 Å². The second-order valence-corrected chi connectivity index (χ2v) is 7.51. The summed E-state index contributed by atoms with van der Waals surface area (Å²) in [7, 11) is 2.79. The van der Waals surface area contributed by atoms with Crippen molar-refractivity contribution in [2.45, 2.75) is 13.5 Å². The van der Waals surface area contributed by atoms with Crippen molar-refractivity contribution in [3.05, 3.63) is 77.1 Å². The molecule has 10 nitrogen and oxygen atoms in total. The fourth-order valence-electron chi connectivity index (χ4n) is 3.04. The zero-order valence-electron chi connectivity index (χ0n) is 19.3. The van der Waals surface area contributed by atoms with E-state index in [0.29, 0.717) is 45.0 Å². The molecule has 0 radical (unpaired) electrons. The Morgan fingerprint density at radius 1 is 1.17 bits per heavy atom. The zero-order valence-corrected chi connectivity index (χ0v) is 20.1. The number of ether oxygens (including phenoxy) is 2. The molecule has 0 aliphatic carbocycles. The quantitative estimate of drug-likeness (QED) is 0.281. The van der Waals surface area contributed by atoms with E-state index in [1.54, 1.807) is 12.1 Å². The minimum Gasteiger partial charge on any atom is -0.495 e. The number of hydroxylamine groups is 1. The molecule has 3 aromatic rings. The summed E-state index contributed by atoms with van der Waals surface area (Å²) in [5, 5.41) is 6.17. The number of rotatable bonds is 10. The van der Waals surface area contributed by atoms with Crippen molar-refractivity contribution in [2.75, 3.05) is 24.9 Å². The number of halogens is 1. The molecule has 0 unspecified atom stereocenters. The van der Waals surface area contributed by atoms with E-state index in [2.05, 4.69) is 37.5 Å². The van der Waals surface area contributed by atoms with Gasteiger partial charge in [-0.2, -0.15) is 0 Å². The van der Waals surface area contributed by atoms with Crippen molar-refractivity contribution < 1.29 is 23.9 Å². The van der Waals surface area contributed by atoms with Crippen LogP contribution < -0.4 is 25.6 Å². The molecule has 0 aliphatic rings. The fraction of sp³-hybridized carbons (Fsp3) is 0.167. The first kappa shape index (κ1) is 25.5. The predicted octanol–water partition coefficient (Wildman–Crippen LogP) is 4.19. The molecule has 1 aromatic heterocycles. The van der Waals surface area contributed by atoms with Crippen molar-refractivity contribution in [1.82, 2.24) is 15.4 Å². The smallest absolute Gasteiger partial charge is 0.274 e. The van der Waals surface area contributed by atoms with E-state index < -0.39 is 5.91 Å². The van der Waals surface area contributed by atoms with Crippen LogP contribution in [0.1, 0.15) is 21.5 Å². The molecule has 0 spiro atoms. The predicted molar refractivity (Wildman–Crippen MR) is 132 cm³/mol. The highest BCUT2D eigenvalue weighted by molar-refractivity contribution is 6.33. The number of nitrogens with one attached hydrogen (secondary N) is 3. The average molecular weight is 498 g/mol. The van der Waals surface area contributed by atoms with Gasteiger partial charge in [-0.25, -0.2) is 15.4 Å². The molecule has 0 aliphatic heterocycles. The summed E-state index contributed by atoms with van der Waals surface area (Å²) in [4.78, 5) is 37.1. The second kappa shape index (κ2) is 11.8. The number of aromatic nitrogens is 2. The minimum absolute atomic E-state index is 0.0367. The van der Waals surface area contributed by atoms with E-state index in [1.807, 2.05) is 19.1 Å². The number of methoxy groups -OCH3 is 1. The lowest BCUT2D eigenvalue weighted by molar-refractivity contribution is -0.111. The van der Waals surface area contributed by atoms with E-state index >= 15 is 0 Å². The summed E-state index contributed by atoms with van der Waals surface area (Å²) in [6.07, 6.45) is 4.17. The number of hydrogen-bond donors (Lipinski definition) is 3. The molecule has 11 heteroatoms. The lowest BCUT2D eigenvalue weighted by Crippen LogP contribution is -2.22. The number of para-hydroxylation sites is 1. The van der Waals surface area contributed by atoms with Gasteiger partial charge in [0.05, 0.1) is 43.0 Å². The molecule has 35 heavy (non-hydrogen) atoms. The fourth-order valence-corrected chi connectivity index (χ4v) is 3.28. The lowest BCUT2D eigenvalue weighted by Gasteiger charge is -2.15. The van der Waals surface area contributed by atoms with Gasteiger partial charge in [-0.15, -0.1) is 0 Å². The van der Waals surface area contributed by atoms with Gasteiger partial charge in [-0.3, -0.25) is 14.4 Å². The zero-order chi connectivity index (χ0) is 25.4. The summed E-state index contributed by atoms with van der Waals surface area (Å²) in [6, 6.07) is 8.55. The van der Waals surface area contributed by atoms with Crippen LogP contribution in [0, 0.1) is 6.92 Å². The SMILES string of the molecule is C=CC(=O)Nc1cccc(C)c1Nc1ncc(OCc2cc(C(=O)NOC)cc(OC)c2Cl)cn1. The number of anilines is 3. The lowest BCUT2D eigenvalue weighted by atomic mass is 10.1. The number of carbonyl (C=O) groups is 2. The Labute approximate surface area is 207 Å². The third-order valence-corrected chi connectivity index (χ3v) is 5.20. The van der Waals surface area contributed by atoms with Crippen molar-refractivity contribution >= 4 is 40.7 Å². The number of carbonyl (C=O) groups excluding carboxylic acids is 2. The Kier molecular flexibility index (Phi) is 8.60. The van der Waals surface area contributed by atoms with Crippen molar-refractivity contribution in [3.63, 3.8) is 0 Å². The molecular weight excluding hydrogens is 474 g/mol. The number of nitrogens with zero attached hydrogens (tertiary/aromatic N) is 2. The van der Waals surface area contributed by atoms with Crippen LogP contribution >= 0.6 is 11.6 Å². The number of hydrogen-bond acceptors (Lipinski definition) is 8. The van der Waals surface area contributed by atoms with E-state index in [1.165, 1.54) is 38.8 Å².